The minimum Gasteiger partial charge on any atom is -0.394 e. The van der Waals surface area contributed by atoms with Gasteiger partial charge in [-0.15, -0.1) is 0 Å². The smallest absolute Gasteiger partial charge is 0.222 e. The lowest BCUT2D eigenvalue weighted by Gasteiger charge is -2.40. The number of amides is 3. The summed E-state index contributed by atoms with van der Waals surface area (Å²) in [6.45, 7) is 12.7. The number of aliphatic hydroxyl groups excluding tert-OH is 9. The first-order valence-electron chi connectivity index (χ1n) is 38.4. The van der Waals surface area contributed by atoms with Crippen molar-refractivity contribution >= 4 is 17.7 Å². The Balaban J connectivity index is 1.28. The summed E-state index contributed by atoms with van der Waals surface area (Å²) in [6, 6.07) is 0.0164. The van der Waals surface area contributed by atoms with Crippen molar-refractivity contribution in [1.29, 1.82) is 0 Å². The molecule has 98 heavy (non-hydrogen) atoms. The molecular formula is C73H140N4O21. The molecule has 0 saturated carbocycles. The van der Waals surface area contributed by atoms with Gasteiger partial charge >= 0.3 is 0 Å². The predicted molar refractivity (Wildman–Crippen MR) is 373 cm³/mol. The number of aliphatic hydroxyl groups is 9. The van der Waals surface area contributed by atoms with Crippen LogP contribution in [-0.2, 0) is 57.0 Å². The van der Waals surface area contributed by atoms with E-state index in [0.29, 0.717) is 39.5 Å². The molecule has 3 saturated heterocycles. The van der Waals surface area contributed by atoms with Gasteiger partial charge in [-0.1, -0.05) is 189 Å². The summed E-state index contributed by atoms with van der Waals surface area (Å²) in [5, 5.41) is 102. The van der Waals surface area contributed by atoms with Crippen LogP contribution in [0, 0.1) is 17.8 Å². The summed E-state index contributed by atoms with van der Waals surface area (Å²) < 4.78 is 53.0. The van der Waals surface area contributed by atoms with E-state index in [1.54, 1.807) is 20.8 Å². The first-order chi connectivity index (χ1) is 47.4. The third kappa shape index (κ3) is 39.0. The average molecular weight is 1410 g/mol. The van der Waals surface area contributed by atoms with E-state index >= 15 is 0 Å². The number of hydrogen-bond donors (Lipinski definition) is 13. The molecule has 0 aliphatic carbocycles. The van der Waals surface area contributed by atoms with Crippen molar-refractivity contribution in [1.82, 2.24) is 21.3 Å². The Morgan fingerprint density at radius 1 is 0.347 bits per heavy atom. The van der Waals surface area contributed by atoms with Gasteiger partial charge in [-0.25, -0.2) is 0 Å². The number of ether oxygens (including phenoxy) is 9. The van der Waals surface area contributed by atoms with Crippen molar-refractivity contribution < 1.29 is 103 Å². The fourth-order valence-corrected chi connectivity index (χ4v) is 12.9. The van der Waals surface area contributed by atoms with Crippen LogP contribution >= 0.6 is 0 Å². The Morgan fingerprint density at radius 2 is 0.571 bits per heavy atom. The monoisotopic (exact) mass is 1410 g/mol. The van der Waals surface area contributed by atoms with E-state index in [0.717, 1.165) is 154 Å². The van der Waals surface area contributed by atoms with Gasteiger partial charge in [0.15, 0.2) is 18.9 Å². The molecule has 3 amide bonds. The highest BCUT2D eigenvalue weighted by atomic mass is 16.7. The molecule has 0 aromatic heterocycles. The highest BCUT2D eigenvalue weighted by Gasteiger charge is 2.45. The van der Waals surface area contributed by atoms with E-state index in [2.05, 4.69) is 21.3 Å². The summed E-state index contributed by atoms with van der Waals surface area (Å²) in [6.07, 6.45) is 22.0. The highest BCUT2D eigenvalue weighted by molar-refractivity contribution is 5.76. The van der Waals surface area contributed by atoms with Crippen molar-refractivity contribution in [3.05, 3.63) is 0 Å². The van der Waals surface area contributed by atoms with Crippen LogP contribution in [-0.4, -0.2) is 248 Å². The molecule has 0 aromatic rings. The van der Waals surface area contributed by atoms with E-state index in [9.17, 15) is 60.3 Å². The fourth-order valence-electron chi connectivity index (χ4n) is 12.9. The van der Waals surface area contributed by atoms with Crippen molar-refractivity contribution in [2.24, 2.45) is 17.8 Å². The Kier molecular flexibility index (Phi) is 51.4. The second-order valence-electron chi connectivity index (χ2n) is 28.5. The van der Waals surface area contributed by atoms with Gasteiger partial charge < -0.3 is 110 Å². The molecule has 578 valence electrons. The first-order valence-corrected chi connectivity index (χ1v) is 38.4. The second-order valence-corrected chi connectivity index (χ2v) is 28.5. The Bertz CT molecular complexity index is 1750. The van der Waals surface area contributed by atoms with Crippen molar-refractivity contribution in [2.75, 3.05) is 98.9 Å². The minimum absolute atomic E-state index is 0.0164. The summed E-state index contributed by atoms with van der Waals surface area (Å²) in [5.74, 6) is -1.36. The maximum atomic E-state index is 12.9. The summed E-state index contributed by atoms with van der Waals surface area (Å²) in [4.78, 5) is 38.6. The van der Waals surface area contributed by atoms with Gasteiger partial charge in [0.2, 0.25) is 17.7 Å². The molecule has 0 aromatic carbocycles. The molecule has 15 unspecified atom stereocenters. The lowest BCUT2D eigenvalue weighted by molar-refractivity contribution is -0.282. The van der Waals surface area contributed by atoms with Crippen LogP contribution in [0.4, 0.5) is 0 Å². The lowest BCUT2D eigenvalue weighted by Crippen LogP contribution is -2.59. The van der Waals surface area contributed by atoms with E-state index < -0.39 is 79.3 Å². The standard InChI is InChI=1S/C73H140N4O21/c1-54(2)77-73(51-90-45-36-61(81)74-39-30-24-18-12-6-9-15-21-27-33-42-93-70-55(3)64(84)67(87)58(48-78)96-70,52-91-46-37-62(82)75-40-31-25-19-13-7-10-16-22-28-34-43-94-71-56(4)65(85)68(88)59(49-79)97-71)53-92-47-38-63(83)76-41-32-26-20-14-8-11-17-23-29-35-44-95-72-57(5)66(86)69(89)60(50-80)98-72/h54-60,64-72,77-80,84-89H,6-53H2,1-5H3,(H,74,81)(H,75,82)(H,76,83). The zero-order chi connectivity index (χ0) is 71.6. The number of nitrogens with one attached hydrogen (secondary N) is 4. The molecule has 3 aliphatic rings. The number of carbonyl (C=O) groups excluding carboxylic acids is 3. The van der Waals surface area contributed by atoms with Gasteiger partial charge in [-0.05, 0) is 38.5 Å². The molecular weight excluding hydrogens is 1270 g/mol. The zero-order valence-corrected chi connectivity index (χ0v) is 61.1. The van der Waals surface area contributed by atoms with Gasteiger partial charge in [-0.2, -0.15) is 0 Å². The number of rotatable bonds is 62. The van der Waals surface area contributed by atoms with Gasteiger partial charge in [0, 0.05) is 82.5 Å². The number of hydrogen-bond acceptors (Lipinski definition) is 22. The number of carbonyl (C=O) groups is 3. The molecule has 3 rings (SSSR count). The van der Waals surface area contributed by atoms with Crippen LogP contribution in [0.1, 0.15) is 247 Å². The Labute approximate surface area is 588 Å². The first kappa shape index (κ1) is 89.9. The molecule has 15 atom stereocenters. The normalized spacial score (nSPS) is 26.5. The van der Waals surface area contributed by atoms with Gasteiger partial charge in [0.25, 0.3) is 0 Å². The molecule has 0 spiro atoms. The van der Waals surface area contributed by atoms with Crippen molar-refractivity contribution in [3.63, 3.8) is 0 Å². The molecule has 3 fully saturated rings. The van der Waals surface area contributed by atoms with E-state index in [-0.39, 0.29) is 120 Å². The minimum atomic E-state index is -1.12. The molecule has 25 nitrogen and oxygen atoms in total. The molecule has 0 radical (unpaired) electrons. The number of unbranched alkanes of at least 4 members (excludes halogenated alkanes) is 27. The van der Waals surface area contributed by atoms with Crippen LogP contribution in [0.15, 0.2) is 0 Å². The summed E-state index contributed by atoms with van der Waals surface area (Å²) in [7, 11) is 0. The van der Waals surface area contributed by atoms with E-state index in [1.165, 1.54) is 38.5 Å². The van der Waals surface area contributed by atoms with Crippen LogP contribution in [0.5, 0.6) is 0 Å². The fraction of sp³-hybridized carbons (Fsp3) is 0.959. The summed E-state index contributed by atoms with van der Waals surface area (Å²) in [5.41, 5.74) is -0.814. The van der Waals surface area contributed by atoms with Gasteiger partial charge in [0.1, 0.15) is 36.6 Å². The SMILES string of the molecule is CC(C)NC(COCCC(=O)NCCCCCCCCCCCCOC1OC(CO)C(O)C(O)C1C)(COCCC(=O)NCCCCCCCCCCCCOC1OC(CO)C(O)C(O)C1C)COCCC(=O)NCCCCCCCCCCCCOC1OC(CO)C(O)C(O)C1C. The van der Waals surface area contributed by atoms with Crippen molar-refractivity contribution in [2.45, 2.75) is 332 Å². The second kappa shape index (κ2) is 56.1. The van der Waals surface area contributed by atoms with Crippen LogP contribution in [0.3, 0.4) is 0 Å². The molecule has 13 N–H and O–H groups in total. The maximum Gasteiger partial charge on any atom is 0.222 e. The van der Waals surface area contributed by atoms with Crippen LogP contribution < -0.4 is 21.3 Å². The largest absolute Gasteiger partial charge is 0.394 e. The zero-order valence-electron chi connectivity index (χ0n) is 61.1. The topological polar surface area (TPSA) is 364 Å². The van der Waals surface area contributed by atoms with Crippen LogP contribution in [0.25, 0.3) is 0 Å². The van der Waals surface area contributed by atoms with Crippen molar-refractivity contribution in [3.8, 4) is 0 Å². The third-order valence-electron chi connectivity index (χ3n) is 19.2. The predicted octanol–water partition coefficient (Wildman–Crippen LogP) is 6.27. The summed E-state index contributed by atoms with van der Waals surface area (Å²) >= 11 is 0. The van der Waals surface area contributed by atoms with Gasteiger partial charge in [0.05, 0.1) is 83.3 Å². The molecule has 3 heterocycles. The lowest BCUT2D eigenvalue weighted by atomic mass is 9.92. The van der Waals surface area contributed by atoms with E-state index in [1.807, 2.05) is 13.8 Å². The quantitative estimate of drug-likeness (QED) is 0.0298. The van der Waals surface area contributed by atoms with Crippen LogP contribution in [0.2, 0.25) is 0 Å². The molecule has 0 bridgehead atoms. The highest BCUT2D eigenvalue weighted by Crippen LogP contribution is 2.30. The average Bonchev–Trinajstić information content (AvgIpc) is 0.853. The van der Waals surface area contributed by atoms with Gasteiger partial charge in [-0.3, -0.25) is 14.4 Å². The Morgan fingerprint density at radius 3 is 0.796 bits per heavy atom. The third-order valence-corrected chi connectivity index (χ3v) is 19.2. The molecule has 3 aliphatic heterocycles. The van der Waals surface area contributed by atoms with E-state index in [4.69, 9.17) is 42.6 Å². The Hall–Kier alpha value is -2.35. The maximum absolute atomic E-state index is 12.9. The molecule has 25 heteroatoms.